The van der Waals surface area contributed by atoms with Gasteiger partial charge in [-0.3, -0.25) is 9.78 Å². The summed E-state index contributed by atoms with van der Waals surface area (Å²) in [7, 11) is 0. The quantitative estimate of drug-likeness (QED) is 0.826. The van der Waals surface area contributed by atoms with Crippen LogP contribution in [0.4, 0.5) is 5.69 Å². The van der Waals surface area contributed by atoms with Crippen molar-refractivity contribution in [2.75, 3.05) is 5.32 Å². The molecule has 0 saturated carbocycles. The Morgan fingerprint density at radius 3 is 2.74 bits per heavy atom. The first-order valence-corrected chi connectivity index (χ1v) is 6.44. The molecule has 0 fully saturated rings. The third kappa shape index (κ3) is 3.26. The average Bonchev–Trinajstić information content (AvgIpc) is 2.39. The van der Waals surface area contributed by atoms with Gasteiger partial charge in [-0.15, -0.1) is 0 Å². The second-order valence-electron chi connectivity index (χ2n) is 4.48. The summed E-state index contributed by atoms with van der Waals surface area (Å²) >= 11 is 5.12. The highest BCUT2D eigenvalue weighted by atomic mass is 32.1. The number of anilines is 1. The van der Waals surface area contributed by atoms with E-state index in [4.69, 9.17) is 12.2 Å². The van der Waals surface area contributed by atoms with Crippen LogP contribution in [-0.2, 0) is 4.79 Å². The summed E-state index contributed by atoms with van der Waals surface area (Å²) in [6, 6.07) is 9.62. The van der Waals surface area contributed by atoms with Gasteiger partial charge in [0.05, 0.1) is 11.2 Å². The minimum atomic E-state index is -0.106. The van der Waals surface area contributed by atoms with Gasteiger partial charge in [-0.25, -0.2) is 0 Å². The minimum Gasteiger partial charge on any atom is -0.331 e. The van der Waals surface area contributed by atoms with Crippen LogP contribution in [0, 0.1) is 5.92 Å². The maximum absolute atomic E-state index is 11.6. The molecule has 1 heterocycles. The molecular formula is C14H15N3OS. The number of carbonyl (C=O) groups excluding carboxylic acids is 1. The van der Waals surface area contributed by atoms with Gasteiger partial charge in [0.15, 0.2) is 5.11 Å². The molecule has 0 aliphatic rings. The molecule has 0 spiro atoms. The predicted octanol–water partition coefficient (Wildman–Crippen LogP) is 2.70. The highest BCUT2D eigenvalue weighted by Gasteiger charge is 2.10. The highest BCUT2D eigenvalue weighted by molar-refractivity contribution is 7.80. The van der Waals surface area contributed by atoms with Crippen LogP contribution >= 0.6 is 12.2 Å². The molecule has 1 aromatic heterocycles. The molecule has 4 nitrogen and oxygen atoms in total. The van der Waals surface area contributed by atoms with Crippen molar-refractivity contribution in [2.45, 2.75) is 13.8 Å². The van der Waals surface area contributed by atoms with Gasteiger partial charge in [-0.05, 0) is 24.4 Å². The Morgan fingerprint density at radius 2 is 2.00 bits per heavy atom. The summed E-state index contributed by atoms with van der Waals surface area (Å²) in [6.45, 7) is 3.63. The molecule has 0 unspecified atom stereocenters. The molecule has 0 atom stereocenters. The fraction of sp³-hybridized carbons (Fsp3) is 0.214. The Balaban J connectivity index is 2.18. The number of hydrogen-bond donors (Lipinski definition) is 2. The van der Waals surface area contributed by atoms with Crippen LogP contribution in [0.2, 0.25) is 0 Å². The summed E-state index contributed by atoms with van der Waals surface area (Å²) in [5.41, 5.74) is 1.61. The SMILES string of the molecule is CC(C)C(=O)NC(=S)Nc1cccc2cccnc12. The van der Waals surface area contributed by atoms with E-state index in [1.54, 1.807) is 6.20 Å². The lowest BCUT2D eigenvalue weighted by atomic mass is 10.2. The van der Waals surface area contributed by atoms with Gasteiger partial charge in [-0.2, -0.15) is 0 Å². The van der Waals surface area contributed by atoms with E-state index < -0.39 is 0 Å². The van der Waals surface area contributed by atoms with Gasteiger partial charge in [0.2, 0.25) is 5.91 Å². The van der Waals surface area contributed by atoms with Gasteiger partial charge >= 0.3 is 0 Å². The molecule has 1 amide bonds. The van der Waals surface area contributed by atoms with E-state index in [1.807, 2.05) is 44.2 Å². The molecule has 0 radical (unpaired) electrons. The summed E-state index contributed by atoms with van der Waals surface area (Å²) in [6.07, 6.45) is 1.73. The van der Waals surface area contributed by atoms with Crippen molar-refractivity contribution in [3.63, 3.8) is 0 Å². The van der Waals surface area contributed by atoms with E-state index in [2.05, 4.69) is 15.6 Å². The number of aromatic nitrogens is 1. The zero-order valence-corrected chi connectivity index (χ0v) is 11.6. The molecule has 2 rings (SSSR count). The molecule has 2 aromatic rings. The number of hydrogen-bond acceptors (Lipinski definition) is 3. The zero-order chi connectivity index (χ0) is 13.8. The Labute approximate surface area is 117 Å². The lowest BCUT2D eigenvalue weighted by Crippen LogP contribution is -2.36. The second kappa shape index (κ2) is 5.75. The molecule has 5 heteroatoms. The van der Waals surface area contributed by atoms with E-state index in [0.29, 0.717) is 0 Å². The summed E-state index contributed by atoms with van der Waals surface area (Å²) in [4.78, 5) is 15.9. The number of rotatable bonds is 2. The fourth-order valence-electron chi connectivity index (χ4n) is 1.61. The van der Waals surface area contributed by atoms with E-state index in [9.17, 15) is 4.79 Å². The number of nitrogens with zero attached hydrogens (tertiary/aromatic N) is 1. The van der Waals surface area contributed by atoms with Gasteiger partial charge in [-0.1, -0.05) is 32.0 Å². The first-order valence-electron chi connectivity index (χ1n) is 6.03. The Hall–Kier alpha value is -2.01. The molecule has 0 bridgehead atoms. The van der Waals surface area contributed by atoms with Crippen LogP contribution in [0.5, 0.6) is 0 Å². The molecule has 19 heavy (non-hydrogen) atoms. The van der Waals surface area contributed by atoms with Crippen LogP contribution in [-0.4, -0.2) is 16.0 Å². The number of benzene rings is 1. The van der Waals surface area contributed by atoms with Gasteiger partial charge in [0.25, 0.3) is 0 Å². The minimum absolute atomic E-state index is 0.106. The maximum atomic E-state index is 11.6. The van der Waals surface area contributed by atoms with E-state index in [1.165, 1.54) is 0 Å². The summed E-state index contributed by atoms with van der Waals surface area (Å²) < 4.78 is 0. The lowest BCUT2D eigenvalue weighted by Gasteiger charge is -2.12. The fourth-order valence-corrected chi connectivity index (χ4v) is 1.83. The summed E-state index contributed by atoms with van der Waals surface area (Å²) in [5, 5.41) is 6.96. The first-order chi connectivity index (χ1) is 9.08. The molecule has 2 N–H and O–H groups in total. The number of nitrogens with one attached hydrogen (secondary N) is 2. The number of thiocarbonyl (C=S) groups is 1. The van der Waals surface area contributed by atoms with Crippen LogP contribution in [0.25, 0.3) is 10.9 Å². The molecule has 98 valence electrons. The van der Waals surface area contributed by atoms with Crippen molar-refractivity contribution < 1.29 is 4.79 Å². The smallest absolute Gasteiger partial charge is 0.228 e. The Kier molecular flexibility index (Phi) is 4.06. The monoisotopic (exact) mass is 273 g/mol. The van der Waals surface area contributed by atoms with Crippen molar-refractivity contribution in [1.82, 2.24) is 10.3 Å². The molecule has 0 saturated heterocycles. The molecular weight excluding hydrogens is 258 g/mol. The second-order valence-corrected chi connectivity index (χ2v) is 4.89. The van der Waals surface area contributed by atoms with Crippen LogP contribution in [0.1, 0.15) is 13.8 Å². The molecule has 0 aliphatic heterocycles. The summed E-state index contributed by atoms with van der Waals surface area (Å²) in [5.74, 6) is -0.212. The predicted molar refractivity (Wildman–Crippen MR) is 80.9 cm³/mol. The zero-order valence-electron chi connectivity index (χ0n) is 10.8. The third-order valence-electron chi connectivity index (χ3n) is 2.64. The topological polar surface area (TPSA) is 54.0 Å². The van der Waals surface area contributed by atoms with E-state index in [-0.39, 0.29) is 16.9 Å². The maximum Gasteiger partial charge on any atom is 0.228 e. The number of carbonyl (C=O) groups is 1. The van der Waals surface area contributed by atoms with Crippen LogP contribution in [0.15, 0.2) is 36.5 Å². The number of fused-ring (bicyclic) bond motifs is 1. The first kappa shape index (κ1) is 13.4. The van der Waals surface area contributed by atoms with Gasteiger partial charge in [0, 0.05) is 17.5 Å². The lowest BCUT2D eigenvalue weighted by molar-refractivity contribution is -0.122. The molecule has 0 aliphatic carbocycles. The van der Waals surface area contributed by atoms with Crippen molar-refractivity contribution in [3.05, 3.63) is 36.5 Å². The van der Waals surface area contributed by atoms with Crippen molar-refractivity contribution in [2.24, 2.45) is 5.92 Å². The van der Waals surface area contributed by atoms with Crippen LogP contribution < -0.4 is 10.6 Å². The average molecular weight is 273 g/mol. The van der Waals surface area contributed by atoms with Crippen molar-refractivity contribution in [1.29, 1.82) is 0 Å². The highest BCUT2D eigenvalue weighted by Crippen LogP contribution is 2.20. The van der Waals surface area contributed by atoms with E-state index >= 15 is 0 Å². The van der Waals surface area contributed by atoms with Crippen molar-refractivity contribution in [3.8, 4) is 0 Å². The number of amides is 1. The standard InChI is InChI=1S/C14H15N3OS/c1-9(2)13(18)17-14(19)16-11-7-3-5-10-6-4-8-15-12(10)11/h3-9H,1-2H3,(H2,16,17,18,19). The Bertz CT molecular complexity index is 620. The number of pyridine rings is 1. The van der Waals surface area contributed by atoms with Gasteiger partial charge < -0.3 is 10.6 Å². The third-order valence-corrected chi connectivity index (χ3v) is 2.85. The Morgan fingerprint density at radius 1 is 1.26 bits per heavy atom. The normalized spacial score (nSPS) is 10.5. The van der Waals surface area contributed by atoms with Crippen LogP contribution in [0.3, 0.4) is 0 Å². The van der Waals surface area contributed by atoms with Gasteiger partial charge in [0.1, 0.15) is 0 Å². The number of para-hydroxylation sites is 1. The largest absolute Gasteiger partial charge is 0.331 e. The van der Waals surface area contributed by atoms with Crippen molar-refractivity contribution >= 4 is 39.8 Å². The van der Waals surface area contributed by atoms with E-state index in [0.717, 1.165) is 16.6 Å². The molecule has 1 aromatic carbocycles.